The van der Waals surface area contributed by atoms with E-state index in [-0.39, 0.29) is 17.5 Å². The van der Waals surface area contributed by atoms with Crippen molar-refractivity contribution in [3.63, 3.8) is 0 Å². The van der Waals surface area contributed by atoms with Crippen LogP contribution in [0.2, 0.25) is 0 Å². The number of benzene rings is 1. The molecule has 1 aliphatic carbocycles. The maximum atomic E-state index is 12.6. The van der Waals surface area contributed by atoms with Gasteiger partial charge in [0.05, 0.1) is 26.7 Å². The van der Waals surface area contributed by atoms with Crippen LogP contribution in [0, 0.1) is 0 Å². The van der Waals surface area contributed by atoms with E-state index in [2.05, 4.69) is 17.1 Å². The summed E-state index contributed by atoms with van der Waals surface area (Å²) in [5.74, 6) is 0.909. The van der Waals surface area contributed by atoms with Crippen molar-refractivity contribution in [3.05, 3.63) is 29.8 Å². The van der Waals surface area contributed by atoms with Gasteiger partial charge in [0.25, 0.3) is 0 Å². The highest BCUT2D eigenvalue weighted by molar-refractivity contribution is 5.79. The van der Waals surface area contributed by atoms with Crippen LogP contribution in [0.4, 0.5) is 0 Å². The van der Waals surface area contributed by atoms with Crippen LogP contribution in [-0.4, -0.2) is 55.8 Å². The summed E-state index contributed by atoms with van der Waals surface area (Å²) in [6.07, 6.45) is 5.23. The standard InChI is InChI=1S/C20H30N2O3/c1-16(20(9-3-4-10-20)22-11-13-25-14-12-22)21-19(23)15-17-5-7-18(24-2)8-6-17/h5-8,16H,3-4,9-15H2,1-2H3,(H,21,23)/t16-/m1/s1. The molecular formula is C20H30N2O3. The first-order chi connectivity index (χ1) is 12.1. The topological polar surface area (TPSA) is 50.8 Å². The molecular weight excluding hydrogens is 316 g/mol. The first-order valence-electron chi connectivity index (χ1n) is 9.39. The molecule has 1 aliphatic heterocycles. The SMILES string of the molecule is COc1ccc(CC(=O)N[C@H](C)C2(N3CCOCC3)CCCC2)cc1. The van der Waals surface area contributed by atoms with Crippen molar-refractivity contribution < 1.29 is 14.3 Å². The zero-order valence-corrected chi connectivity index (χ0v) is 15.4. The summed E-state index contributed by atoms with van der Waals surface area (Å²) in [6, 6.07) is 7.86. The van der Waals surface area contributed by atoms with Gasteiger partial charge in [0, 0.05) is 24.7 Å². The normalized spacial score (nSPS) is 21.7. The van der Waals surface area contributed by atoms with Crippen molar-refractivity contribution in [2.45, 2.75) is 50.6 Å². The predicted molar refractivity (Wildman–Crippen MR) is 97.9 cm³/mol. The molecule has 0 unspecified atom stereocenters. The van der Waals surface area contributed by atoms with Gasteiger partial charge in [-0.3, -0.25) is 9.69 Å². The monoisotopic (exact) mass is 346 g/mol. The van der Waals surface area contributed by atoms with E-state index in [9.17, 15) is 4.79 Å². The third-order valence-corrected chi connectivity index (χ3v) is 5.82. The molecule has 0 aromatic heterocycles. The lowest BCUT2D eigenvalue weighted by Gasteiger charge is -2.47. The Hall–Kier alpha value is -1.59. The number of morpholine rings is 1. The summed E-state index contributed by atoms with van der Waals surface area (Å²) in [5.41, 5.74) is 1.11. The Labute approximate surface area is 150 Å². The summed E-state index contributed by atoms with van der Waals surface area (Å²) >= 11 is 0. The lowest BCUT2D eigenvalue weighted by molar-refractivity contribution is -0.122. The number of methoxy groups -OCH3 is 1. The van der Waals surface area contributed by atoms with Crippen molar-refractivity contribution in [1.29, 1.82) is 0 Å². The minimum absolute atomic E-state index is 0.0946. The third-order valence-electron chi connectivity index (χ3n) is 5.82. The minimum Gasteiger partial charge on any atom is -0.497 e. The van der Waals surface area contributed by atoms with Crippen LogP contribution in [0.15, 0.2) is 24.3 Å². The fourth-order valence-electron chi connectivity index (χ4n) is 4.37. The maximum absolute atomic E-state index is 12.6. The summed E-state index contributed by atoms with van der Waals surface area (Å²) in [6.45, 7) is 5.71. The molecule has 1 heterocycles. The molecule has 1 atom stereocenters. The van der Waals surface area contributed by atoms with Crippen LogP contribution in [0.5, 0.6) is 5.75 Å². The smallest absolute Gasteiger partial charge is 0.224 e. The van der Waals surface area contributed by atoms with Crippen LogP contribution in [0.25, 0.3) is 0 Å². The van der Waals surface area contributed by atoms with Crippen molar-refractivity contribution >= 4 is 5.91 Å². The van der Waals surface area contributed by atoms with E-state index in [1.807, 2.05) is 24.3 Å². The van der Waals surface area contributed by atoms with Gasteiger partial charge in [0.2, 0.25) is 5.91 Å². The van der Waals surface area contributed by atoms with Gasteiger partial charge in [-0.05, 0) is 37.5 Å². The molecule has 2 fully saturated rings. The number of hydrogen-bond acceptors (Lipinski definition) is 4. The fourth-order valence-corrected chi connectivity index (χ4v) is 4.37. The van der Waals surface area contributed by atoms with Crippen LogP contribution >= 0.6 is 0 Å². The van der Waals surface area contributed by atoms with Crippen LogP contribution in [0.1, 0.15) is 38.2 Å². The van der Waals surface area contributed by atoms with E-state index in [0.29, 0.717) is 6.42 Å². The van der Waals surface area contributed by atoms with E-state index in [0.717, 1.165) is 50.5 Å². The molecule has 5 nitrogen and oxygen atoms in total. The highest BCUT2D eigenvalue weighted by atomic mass is 16.5. The van der Waals surface area contributed by atoms with Gasteiger partial charge >= 0.3 is 0 Å². The predicted octanol–water partition coefficient (Wildman–Crippen LogP) is 2.39. The lowest BCUT2D eigenvalue weighted by Crippen LogP contribution is -2.62. The highest BCUT2D eigenvalue weighted by Gasteiger charge is 2.44. The zero-order chi connectivity index (χ0) is 17.7. The Morgan fingerprint density at radius 2 is 1.88 bits per heavy atom. The molecule has 1 saturated heterocycles. The molecule has 1 aromatic rings. The molecule has 2 aliphatic rings. The Morgan fingerprint density at radius 1 is 1.24 bits per heavy atom. The van der Waals surface area contributed by atoms with Crippen molar-refractivity contribution in [2.75, 3.05) is 33.4 Å². The van der Waals surface area contributed by atoms with Gasteiger partial charge in [-0.25, -0.2) is 0 Å². The number of ether oxygens (including phenoxy) is 2. The fraction of sp³-hybridized carbons (Fsp3) is 0.650. The number of carbonyl (C=O) groups excluding carboxylic acids is 1. The number of nitrogens with one attached hydrogen (secondary N) is 1. The molecule has 0 radical (unpaired) electrons. The van der Waals surface area contributed by atoms with Gasteiger partial charge in [0.15, 0.2) is 0 Å². The van der Waals surface area contributed by atoms with Gasteiger partial charge < -0.3 is 14.8 Å². The Balaban J connectivity index is 1.62. The molecule has 0 bridgehead atoms. The number of carbonyl (C=O) groups is 1. The number of amides is 1. The zero-order valence-electron chi connectivity index (χ0n) is 15.4. The molecule has 0 spiro atoms. The quantitative estimate of drug-likeness (QED) is 0.859. The van der Waals surface area contributed by atoms with Crippen molar-refractivity contribution in [2.24, 2.45) is 0 Å². The molecule has 1 N–H and O–H groups in total. The number of rotatable bonds is 6. The van der Waals surface area contributed by atoms with Crippen molar-refractivity contribution in [1.82, 2.24) is 10.2 Å². The average molecular weight is 346 g/mol. The highest BCUT2D eigenvalue weighted by Crippen LogP contribution is 2.38. The van der Waals surface area contributed by atoms with Crippen LogP contribution < -0.4 is 10.1 Å². The first-order valence-corrected chi connectivity index (χ1v) is 9.39. The maximum Gasteiger partial charge on any atom is 0.224 e. The van der Waals surface area contributed by atoms with Gasteiger partial charge in [-0.1, -0.05) is 25.0 Å². The molecule has 1 amide bonds. The van der Waals surface area contributed by atoms with Gasteiger partial charge in [-0.15, -0.1) is 0 Å². The van der Waals surface area contributed by atoms with E-state index >= 15 is 0 Å². The minimum atomic E-state index is 0.0946. The Bertz CT molecular complexity index is 561. The molecule has 138 valence electrons. The lowest BCUT2D eigenvalue weighted by atomic mass is 9.86. The summed E-state index contributed by atoms with van der Waals surface area (Å²) in [5, 5.41) is 3.28. The second-order valence-corrected chi connectivity index (χ2v) is 7.22. The summed E-state index contributed by atoms with van der Waals surface area (Å²) in [4.78, 5) is 15.1. The van der Waals surface area contributed by atoms with Crippen LogP contribution in [-0.2, 0) is 16.0 Å². The van der Waals surface area contributed by atoms with E-state index < -0.39 is 0 Å². The Kier molecular flexibility index (Phi) is 5.97. The second-order valence-electron chi connectivity index (χ2n) is 7.22. The third kappa shape index (κ3) is 4.15. The van der Waals surface area contributed by atoms with E-state index in [1.54, 1.807) is 7.11 Å². The molecule has 1 aromatic carbocycles. The first kappa shape index (κ1) is 18.2. The largest absolute Gasteiger partial charge is 0.497 e. The summed E-state index contributed by atoms with van der Waals surface area (Å²) < 4.78 is 10.7. The van der Waals surface area contributed by atoms with Gasteiger partial charge in [0.1, 0.15) is 5.75 Å². The molecule has 1 saturated carbocycles. The Morgan fingerprint density at radius 3 is 2.48 bits per heavy atom. The van der Waals surface area contributed by atoms with Crippen molar-refractivity contribution in [3.8, 4) is 5.75 Å². The summed E-state index contributed by atoms with van der Waals surface area (Å²) in [7, 11) is 1.65. The van der Waals surface area contributed by atoms with E-state index in [1.165, 1.54) is 12.8 Å². The number of hydrogen-bond donors (Lipinski definition) is 1. The molecule has 25 heavy (non-hydrogen) atoms. The van der Waals surface area contributed by atoms with Crippen LogP contribution in [0.3, 0.4) is 0 Å². The average Bonchev–Trinajstić information content (AvgIpc) is 3.14. The van der Waals surface area contributed by atoms with Gasteiger partial charge in [-0.2, -0.15) is 0 Å². The second kappa shape index (κ2) is 8.19. The molecule has 3 rings (SSSR count). The number of nitrogens with zero attached hydrogens (tertiary/aromatic N) is 1. The van der Waals surface area contributed by atoms with E-state index in [4.69, 9.17) is 9.47 Å². The molecule has 5 heteroatoms.